The maximum atomic E-state index is 12.6. The van der Waals surface area contributed by atoms with Crippen LogP contribution in [-0.4, -0.2) is 36.6 Å². The minimum atomic E-state index is -0.308. The second-order valence-corrected chi connectivity index (χ2v) is 8.48. The van der Waals surface area contributed by atoms with Crippen molar-refractivity contribution in [1.82, 2.24) is 4.90 Å². The summed E-state index contributed by atoms with van der Waals surface area (Å²) in [5.74, 6) is 1.71. The predicted octanol–water partition coefficient (Wildman–Crippen LogP) is 5.51. The van der Waals surface area contributed by atoms with Gasteiger partial charge < -0.3 is 9.47 Å². The molecule has 3 aromatic carbocycles. The van der Waals surface area contributed by atoms with Crippen LogP contribution in [0.1, 0.15) is 40.2 Å². The van der Waals surface area contributed by atoms with Gasteiger partial charge in [0, 0.05) is 19.5 Å². The van der Waals surface area contributed by atoms with Crippen LogP contribution in [0.25, 0.3) is 0 Å². The van der Waals surface area contributed by atoms with E-state index in [4.69, 9.17) is 9.47 Å². The van der Waals surface area contributed by atoms with Crippen molar-refractivity contribution >= 4 is 18.4 Å². The average molecular weight is 450 g/mol. The highest BCUT2D eigenvalue weighted by Crippen LogP contribution is 2.31. The Balaban J connectivity index is 0.00000245. The van der Waals surface area contributed by atoms with E-state index in [9.17, 15) is 4.79 Å². The zero-order valence-corrected chi connectivity index (χ0v) is 18.8. The molecule has 1 fully saturated rings. The van der Waals surface area contributed by atoms with Crippen LogP contribution in [0.15, 0.2) is 78.9 Å². The largest absolute Gasteiger partial charge is 0.488 e. The Morgan fingerprint density at radius 2 is 1.81 bits per heavy atom. The molecule has 0 aromatic heterocycles. The van der Waals surface area contributed by atoms with Gasteiger partial charge in [0.1, 0.15) is 17.6 Å². The number of likely N-dealkylation sites (tertiary alicyclic amines) is 1. The molecule has 32 heavy (non-hydrogen) atoms. The molecule has 0 N–H and O–H groups in total. The van der Waals surface area contributed by atoms with Crippen LogP contribution in [0.4, 0.5) is 0 Å². The molecule has 3 aromatic rings. The van der Waals surface area contributed by atoms with Gasteiger partial charge in [-0.2, -0.15) is 0 Å². The fourth-order valence-electron chi connectivity index (χ4n) is 4.71. The van der Waals surface area contributed by atoms with E-state index in [1.165, 1.54) is 11.1 Å². The molecule has 5 heteroatoms. The molecule has 0 saturated carbocycles. The van der Waals surface area contributed by atoms with Crippen molar-refractivity contribution < 1.29 is 14.3 Å². The minimum absolute atomic E-state index is 0. The SMILES string of the molecule is Cl.O=C(Oc1ccccc1)c1cccc(C2CCCN(CC3Cc4ccccc4O3)C2)c1. The summed E-state index contributed by atoms with van der Waals surface area (Å²) >= 11 is 0. The molecule has 5 rings (SSSR count). The second kappa shape index (κ2) is 10.2. The number of hydrogen-bond acceptors (Lipinski definition) is 4. The van der Waals surface area contributed by atoms with E-state index in [1.54, 1.807) is 12.1 Å². The zero-order valence-electron chi connectivity index (χ0n) is 18.0. The van der Waals surface area contributed by atoms with Crippen molar-refractivity contribution in [2.45, 2.75) is 31.3 Å². The van der Waals surface area contributed by atoms with E-state index >= 15 is 0 Å². The Bertz CT molecular complexity index is 1030. The monoisotopic (exact) mass is 449 g/mol. The molecular formula is C27H28ClNO3. The lowest BCUT2D eigenvalue weighted by atomic mass is 9.89. The molecule has 1 saturated heterocycles. The van der Waals surface area contributed by atoms with Crippen molar-refractivity contribution in [3.8, 4) is 11.5 Å². The zero-order chi connectivity index (χ0) is 21.0. The van der Waals surface area contributed by atoms with Crippen molar-refractivity contribution in [2.75, 3.05) is 19.6 Å². The Morgan fingerprint density at radius 1 is 1.00 bits per heavy atom. The topological polar surface area (TPSA) is 38.8 Å². The number of ether oxygens (including phenoxy) is 2. The first-order valence-corrected chi connectivity index (χ1v) is 11.1. The molecular weight excluding hydrogens is 422 g/mol. The Kier molecular flexibility index (Phi) is 7.13. The normalized spacial score (nSPS) is 20.0. The highest BCUT2D eigenvalue weighted by molar-refractivity contribution is 5.91. The Labute approximate surface area is 195 Å². The molecule has 2 aliphatic rings. The summed E-state index contributed by atoms with van der Waals surface area (Å²) in [5, 5.41) is 0. The van der Waals surface area contributed by atoms with Crippen LogP contribution in [-0.2, 0) is 6.42 Å². The molecule has 2 aliphatic heterocycles. The van der Waals surface area contributed by atoms with Crippen LogP contribution >= 0.6 is 12.4 Å². The third-order valence-corrected chi connectivity index (χ3v) is 6.23. The maximum absolute atomic E-state index is 12.6. The summed E-state index contributed by atoms with van der Waals surface area (Å²) in [4.78, 5) is 15.1. The number of carbonyl (C=O) groups excluding carboxylic acids is 1. The lowest BCUT2D eigenvalue weighted by Crippen LogP contribution is -2.40. The van der Waals surface area contributed by atoms with Gasteiger partial charge in [-0.15, -0.1) is 12.4 Å². The molecule has 0 bridgehead atoms. The molecule has 0 spiro atoms. The summed E-state index contributed by atoms with van der Waals surface area (Å²) in [6.45, 7) is 3.04. The first kappa shape index (κ1) is 22.4. The highest BCUT2D eigenvalue weighted by atomic mass is 35.5. The van der Waals surface area contributed by atoms with Gasteiger partial charge in [-0.05, 0) is 66.8 Å². The number of fused-ring (bicyclic) bond motifs is 1. The maximum Gasteiger partial charge on any atom is 0.343 e. The van der Waals surface area contributed by atoms with Gasteiger partial charge in [0.05, 0.1) is 5.56 Å². The number of piperidine rings is 1. The summed E-state index contributed by atoms with van der Waals surface area (Å²) in [7, 11) is 0. The molecule has 0 aliphatic carbocycles. The van der Waals surface area contributed by atoms with Gasteiger partial charge in [-0.1, -0.05) is 48.5 Å². The van der Waals surface area contributed by atoms with Crippen molar-refractivity contribution in [2.24, 2.45) is 0 Å². The van der Waals surface area contributed by atoms with Crippen LogP contribution in [0.3, 0.4) is 0 Å². The Hall–Kier alpha value is -2.82. The number of nitrogens with zero attached hydrogens (tertiary/aromatic N) is 1. The minimum Gasteiger partial charge on any atom is -0.488 e. The van der Waals surface area contributed by atoms with E-state index in [2.05, 4.69) is 29.2 Å². The Morgan fingerprint density at radius 3 is 2.66 bits per heavy atom. The third kappa shape index (κ3) is 5.14. The summed E-state index contributed by atoms with van der Waals surface area (Å²) in [5.41, 5.74) is 3.13. The predicted molar refractivity (Wildman–Crippen MR) is 128 cm³/mol. The van der Waals surface area contributed by atoms with Crippen LogP contribution in [0, 0.1) is 0 Å². The van der Waals surface area contributed by atoms with Crippen LogP contribution in [0.2, 0.25) is 0 Å². The van der Waals surface area contributed by atoms with E-state index in [0.29, 0.717) is 17.2 Å². The summed E-state index contributed by atoms with van der Waals surface area (Å²) < 4.78 is 11.7. The van der Waals surface area contributed by atoms with Crippen molar-refractivity contribution in [3.63, 3.8) is 0 Å². The van der Waals surface area contributed by atoms with Gasteiger partial charge in [0.25, 0.3) is 0 Å². The summed E-state index contributed by atoms with van der Waals surface area (Å²) in [6, 6.07) is 25.5. The fraction of sp³-hybridized carbons (Fsp3) is 0.296. The standard InChI is InChI=1S/C27H27NO3.ClH/c29-27(31-24-12-2-1-3-13-24)22-10-6-9-20(16-22)23-11-7-15-28(18-23)19-25-17-21-8-4-5-14-26(21)30-25;/h1-6,8-10,12-14,16,23,25H,7,11,15,17-19H2;1H. The first-order chi connectivity index (χ1) is 15.2. The number of para-hydroxylation sites is 2. The van der Waals surface area contributed by atoms with E-state index in [-0.39, 0.29) is 24.5 Å². The molecule has 2 unspecified atom stereocenters. The quantitative estimate of drug-likeness (QED) is 0.380. The number of rotatable bonds is 5. The van der Waals surface area contributed by atoms with Crippen molar-refractivity contribution in [3.05, 3.63) is 95.6 Å². The number of halogens is 1. The molecule has 0 amide bonds. The van der Waals surface area contributed by atoms with Crippen molar-refractivity contribution in [1.29, 1.82) is 0 Å². The van der Waals surface area contributed by atoms with Crippen LogP contribution < -0.4 is 9.47 Å². The van der Waals surface area contributed by atoms with E-state index < -0.39 is 0 Å². The number of benzene rings is 3. The third-order valence-electron chi connectivity index (χ3n) is 6.23. The molecule has 0 radical (unpaired) electrons. The number of carbonyl (C=O) groups is 1. The van der Waals surface area contributed by atoms with E-state index in [1.807, 2.05) is 42.5 Å². The van der Waals surface area contributed by atoms with Gasteiger partial charge in [-0.3, -0.25) is 4.90 Å². The smallest absolute Gasteiger partial charge is 0.343 e. The van der Waals surface area contributed by atoms with Crippen LogP contribution in [0.5, 0.6) is 11.5 Å². The second-order valence-electron chi connectivity index (χ2n) is 8.48. The van der Waals surface area contributed by atoms with Gasteiger partial charge >= 0.3 is 5.97 Å². The fourth-order valence-corrected chi connectivity index (χ4v) is 4.71. The van der Waals surface area contributed by atoms with Gasteiger partial charge in [0.15, 0.2) is 0 Å². The summed E-state index contributed by atoms with van der Waals surface area (Å²) in [6.07, 6.45) is 3.50. The highest BCUT2D eigenvalue weighted by Gasteiger charge is 2.28. The lowest BCUT2D eigenvalue weighted by molar-refractivity contribution is 0.0734. The lowest BCUT2D eigenvalue weighted by Gasteiger charge is -2.34. The van der Waals surface area contributed by atoms with E-state index in [0.717, 1.165) is 44.6 Å². The molecule has 2 atom stereocenters. The molecule has 2 heterocycles. The number of esters is 1. The molecule has 4 nitrogen and oxygen atoms in total. The number of hydrogen-bond donors (Lipinski definition) is 0. The molecule has 166 valence electrons. The van der Waals surface area contributed by atoms with Gasteiger partial charge in [-0.25, -0.2) is 4.79 Å². The average Bonchev–Trinajstić information content (AvgIpc) is 3.22. The van der Waals surface area contributed by atoms with Gasteiger partial charge in [0.2, 0.25) is 0 Å². The first-order valence-electron chi connectivity index (χ1n) is 11.1.